The molecule has 0 spiro atoms. The molecule has 0 aliphatic rings. The van der Waals surface area contributed by atoms with Gasteiger partial charge < -0.3 is 5.11 Å². The van der Waals surface area contributed by atoms with Gasteiger partial charge in [-0.2, -0.15) is 5.26 Å². The number of rotatable bonds is 2. The van der Waals surface area contributed by atoms with Crippen molar-refractivity contribution in [3.63, 3.8) is 0 Å². The molecular weight excluding hydrogens is 186 g/mol. The maximum absolute atomic E-state index is 11.4. The fourth-order valence-electron chi connectivity index (χ4n) is 0.827. The van der Waals surface area contributed by atoms with Crippen LogP contribution < -0.4 is 0 Å². The summed E-state index contributed by atoms with van der Waals surface area (Å²) in [7, 11) is 0. The zero-order valence-electron chi connectivity index (χ0n) is 6.94. The lowest BCUT2D eigenvalue weighted by Gasteiger charge is -1.95. The van der Waals surface area contributed by atoms with Crippen LogP contribution in [0.4, 0.5) is 0 Å². The SMILES string of the molecule is C/C(O)=C(\C#N)C(=O)c1cccs1. The van der Waals surface area contributed by atoms with E-state index in [9.17, 15) is 4.79 Å². The largest absolute Gasteiger partial charge is 0.511 e. The number of thiophene rings is 1. The van der Waals surface area contributed by atoms with Gasteiger partial charge in [0, 0.05) is 0 Å². The summed E-state index contributed by atoms with van der Waals surface area (Å²) in [6.07, 6.45) is 0. The van der Waals surface area contributed by atoms with Crippen molar-refractivity contribution in [2.45, 2.75) is 6.92 Å². The number of carbonyl (C=O) groups excluding carboxylic acids is 1. The minimum atomic E-state index is -0.419. The molecule has 13 heavy (non-hydrogen) atoms. The highest BCUT2D eigenvalue weighted by Crippen LogP contribution is 2.15. The Morgan fingerprint density at radius 1 is 1.69 bits per heavy atom. The van der Waals surface area contributed by atoms with E-state index in [4.69, 9.17) is 10.4 Å². The van der Waals surface area contributed by atoms with Gasteiger partial charge in [0.25, 0.3) is 0 Å². The highest BCUT2D eigenvalue weighted by atomic mass is 32.1. The van der Waals surface area contributed by atoms with Crippen molar-refractivity contribution in [1.29, 1.82) is 5.26 Å². The lowest BCUT2D eigenvalue weighted by Crippen LogP contribution is -2.01. The van der Waals surface area contributed by atoms with Gasteiger partial charge >= 0.3 is 0 Å². The predicted octanol–water partition coefficient (Wildman–Crippen LogP) is 2.29. The summed E-state index contributed by atoms with van der Waals surface area (Å²) in [5, 5.41) is 19.3. The summed E-state index contributed by atoms with van der Waals surface area (Å²) in [5.74, 6) is -0.654. The second-order valence-corrected chi connectivity index (χ2v) is 3.33. The number of carbonyl (C=O) groups is 1. The second-order valence-electron chi connectivity index (χ2n) is 2.38. The Kier molecular flexibility index (Phi) is 2.83. The van der Waals surface area contributed by atoms with Crippen LogP contribution in [0.15, 0.2) is 28.8 Å². The number of aliphatic hydroxyl groups excluding tert-OH is 1. The molecule has 0 bridgehead atoms. The number of ketones is 1. The zero-order valence-corrected chi connectivity index (χ0v) is 7.76. The number of allylic oxidation sites excluding steroid dienone is 2. The molecule has 0 aromatic carbocycles. The van der Waals surface area contributed by atoms with Gasteiger partial charge in [0.2, 0.25) is 5.78 Å². The molecule has 1 rings (SSSR count). The van der Waals surface area contributed by atoms with Crippen LogP contribution in [0, 0.1) is 11.3 Å². The summed E-state index contributed by atoms with van der Waals surface area (Å²) in [5.41, 5.74) is -0.192. The smallest absolute Gasteiger partial charge is 0.216 e. The van der Waals surface area contributed by atoms with Crippen molar-refractivity contribution in [3.8, 4) is 6.07 Å². The molecule has 1 aromatic heterocycles. The maximum atomic E-state index is 11.4. The number of nitrogens with zero attached hydrogens (tertiary/aromatic N) is 1. The summed E-state index contributed by atoms with van der Waals surface area (Å²) < 4.78 is 0. The second kappa shape index (κ2) is 3.87. The minimum absolute atomic E-state index is 0.192. The van der Waals surface area contributed by atoms with Crippen LogP contribution in [0.5, 0.6) is 0 Å². The summed E-state index contributed by atoms with van der Waals surface area (Å²) in [6, 6.07) is 5.02. The molecule has 1 N–H and O–H groups in total. The third-order valence-electron chi connectivity index (χ3n) is 1.45. The Morgan fingerprint density at radius 3 is 2.77 bits per heavy atom. The van der Waals surface area contributed by atoms with Gasteiger partial charge in [-0.15, -0.1) is 11.3 Å². The third kappa shape index (κ3) is 1.95. The Bertz CT molecular complexity index is 380. The molecule has 0 saturated carbocycles. The molecule has 0 radical (unpaired) electrons. The summed E-state index contributed by atoms with van der Waals surface area (Å²) in [6.45, 7) is 1.32. The van der Waals surface area contributed by atoms with Crippen molar-refractivity contribution in [3.05, 3.63) is 33.7 Å². The van der Waals surface area contributed by atoms with Crippen LogP contribution in [0.3, 0.4) is 0 Å². The number of aliphatic hydroxyl groups is 1. The monoisotopic (exact) mass is 193 g/mol. The molecule has 0 amide bonds. The number of hydrogen-bond donors (Lipinski definition) is 1. The minimum Gasteiger partial charge on any atom is -0.511 e. The van der Waals surface area contributed by atoms with Gasteiger partial charge in [0.1, 0.15) is 17.4 Å². The molecule has 3 nitrogen and oxygen atoms in total. The molecule has 0 aliphatic carbocycles. The average molecular weight is 193 g/mol. The van der Waals surface area contributed by atoms with Crippen LogP contribution in [0.25, 0.3) is 0 Å². The van der Waals surface area contributed by atoms with Gasteiger partial charge in [0.15, 0.2) is 0 Å². The van der Waals surface area contributed by atoms with E-state index in [2.05, 4.69) is 0 Å². The molecule has 0 saturated heterocycles. The summed E-state index contributed by atoms with van der Waals surface area (Å²) in [4.78, 5) is 11.9. The number of nitriles is 1. The van der Waals surface area contributed by atoms with Gasteiger partial charge in [-0.25, -0.2) is 0 Å². The first kappa shape index (κ1) is 9.49. The van der Waals surface area contributed by atoms with Crippen LogP contribution in [-0.2, 0) is 0 Å². The first-order valence-electron chi connectivity index (χ1n) is 3.55. The van der Waals surface area contributed by atoms with E-state index in [0.29, 0.717) is 4.88 Å². The van der Waals surface area contributed by atoms with E-state index in [1.807, 2.05) is 0 Å². The van der Waals surface area contributed by atoms with Gasteiger partial charge in [-0.1, -0.05) is 6.07 Å². The average Bonchev–Trinajstić information content (AvgIpc) is 2.56. The fourth-order valence-corrected chi connectivity index (χ4v) is 1.50. The van der Waals surface area contributed by atoms with E-state index in [1.54, 1.807) is 23.6 Å². The predicted molar refractivity (Wildman–Crippen MR) is 49.6 cm³/mol. The topological polar surface area (TPSA) is 61.1 Å². The molecule has 4 heteroatoms. The van der Waals surface area contributed by atoms with E-state index in [1.165, 1.54) is 18.3 Å². The van der Waals surface area contributed by atoms with Crippen LogP contribution in [-0.4, -0.2) is 10.9 Å². The third-order valence-corrected chi connectivity index (χ3v) is 2.31. The van der Waals surface area contributed by atoms with Gasteiger partial charge in [0.05, 0.1) is 4.88 Å². The van der Waals surface area contributed by atoms with Crippen molar-refractivity contribution in [2.24, 2.45) is 0 Å². The standard InChI is InChI=1S/C9H7NO2S/c1-6(11)7(5-10)9(12)8-3-2-4-13-8/h2-4,11H,1H3/b7-6-. The van der Waals surface area contributed by atoms with Crippen molar-refractivity contribution in [1.82, 2.24) is 0 Å². The molecule has 0 atom stereocenters. The van der Waals surface area contributed by atoms with Crippen LogP contribution in [0.2, 0.25) is 0 Å². The Morgan fingerprint density at radius 2 is 2.38 bits per heavy atom. The molecule has 0 fully saturated rings. The van der Waals surface area contributed by atoms with Crippen molar-refractivity contribution < 1.29 is 9.90 Å². The molecule has 1 heterocycles. The molecular formula is C9H7NO2S. The molecule has 0 aliphatic heterocycles. The zero-order chi connectivity index (χ0) is 9.84. The van der Waals surface area contributed by atoms with Crippen molar-refractivity contribution >= 4 is 17.1 Å². The molecule has 0 unspecified atom stereocenters. The van der Waals surface area contributed by atoms with E-state index >= 15 is 0 Å². The lowest BCUT2D eigenvalue weighted by molar-refractivity contribution is 0.103. The maximum Gasteiger partial charge on any atom is 0.216 e. The Hall–Kier alpha value is -1.60. The quantitative estimate of drug-likeness (QED) is 0.339. The Labute approximate surface area is 79.6 Å². The fraction of sp³-hybridized carbons (Fsp3) is 0.111. The van der Waals surface area contributed by atoms with E-state index < -0.39 is 5.78 Å². The molecule has 1 aromatic rings. The van der Waals surface area contributed by atoms with E-state index in [0.717, 1.165) is 0 Å². The van der Waals surface area contributed by atoms with Crippen LogP contribution in [0.1, 0.15) is 16.6 Å². The van der Waals surface area contributed by atoms with E-state index in [-0.39, 0.29) is 11.3 Å². The normalized spacial score (nSPS) is 11.7. The Balaban J connectivity index is 3.06. The lowest BCUT2D eigenvalue weighted by atomic mass is 10.1. The van der Waals surface area contributed by atoms with Crippen molar-refractivity contribution in [2.75, 3.05) is 0 Å². The highest BCUT2D eigenvalue weighted by Gasteiger charge is 2.15. The van der Waals surface area contributed by atoms with Gasteiger partial charge in [-0.3, -0.25) is 4.79 Å². The van der Waals surface area contributed by atoms with Crippen LogP contribution >= 0.6 is 11.3 Å². The number of Topliss-reactive ketones (excluding diaryl/α,β-unsaturated/α-hetero) is 1. The number of hydrogen-bond acceptors (Lipinski definition) is 4. The first-order valence-corrected chi connectivity index (χ1v) is 4.43. The summed E-state index contributed by atoms with van der Waals surface area (Å²) >= 11 is 1.25. The van der Waals surface area contributed by atoms with Gasteiger partial charge in [-0.05, 0) is 18.4 Å². The highest BCUT2D eigenvalue weighted by molar-refractivity contribution is 7.12. The molecule has 66 valence electrons. The first-order chi connectivity index (χ1) is 6.16.